The summed E-state index contributed by atoms with van der Waals surface area (Å²) in [5, 5.41) is 9.74. The molecule has 10 rings (SSSR count). The average Bonchev–Trinajstić information content (AvgIpc) is 3.19. The van der Waals surface area contributed by atoms with Crippen molar-refractivity contribution in [3.05, 3.63) is 182 Å². The van der Waals surface area contributed by atoms with Gasteiger partial charge >= 0.3 is 0 Å². The topological polar surface area (TPSA) is 25.8 Å². The molecule has 2 aromatic heterocycles. The van der Waals surface area contributed by atoms with Gasteiger partial charge in [0.15, 0.2) is 0 Å². The van der Waals surface area contributed by atoms with Crippen LogP contribution >= 0.6 is 0 Å². The Kier molecular flexibility index (Phi) is 6.53. The van der Waals surface area contributed by atoms with Gasteiger partial charge in [0.05, 0.1) is 16.7 Å². The number of pyridine rings is 2. The lowest BCUT2D eigenvalue weighted by Crippen LogP contribution is -1.92. The van der Waals surface area contributed by atoms with Crippen LogP contribution in [-0.2, 0) is 0 Å². The van der Waals surface area contributed by atoms with E-state index >= 15 is 0 Å². The van der Waals surface area contributed by atoms with Crippen molar-refractivity contribution < 1.29 is 0 Å². The van der Waals surface area contributed by atoms with Crippen LogP contribution in [0.4, 0.5) is 0 Å². The van der Waals surface area contributed by atoms with Crippen molar-refractivity contribution in [1.29, 1.82) is 0 Å². The molecule has 8 aromatic carbocycles. The third kappa shape index (κ3) is 4.73. The van der Waals surface area contributed by atoms with Crippen LogP contribution in [-0.4, -0.2) is 9.97 Å². The van der Waals surface area contributed by atoms with Crippen molar-refractivity contribution in [3.63, 3.8) is 0 Å². The molecule has 0 saturated carbocycles. The third-order valence-electron chi connectivity index (χ3n) is 10.1. The lowest BCUT2D eigenvalue weighted by Gasteiger charge is -2.15. The van der Waals surface area contributed by atoms with E-state index < -0.39 is 0 Å². The zero-order valence-corrected chi connectivity index (χ0v) is 27.2. The van der Waals surface area contributed by atoms with E-state index in [1.54, 1.807) is 0 Å². The molecule has 0 atom stereocenters. The number of benzene rings is 8. The Balaban J connectivity index is 1.18. The van der Waals surface area contributed by atoms with Crippen molar-refractivity contribution in [2.75, 3.05) is 0 Å². The molecule has 0 aliphatic heterocycles. The molecular weight excluding hydrogens is 605 g/mol. The summed E-state index contributed by atoms with van der Waals surface area (Å²) in [7, 11) is 0. The minimum Gasteiger partial charge on any atom is -0.256 e. The largest absolute Gasteiger partial charge is 0.256 e. The second-order valence-electron chi connectivity index (χ2n) is 13.0. The highest BCUT2D eigenvalue weighted by atomic mass is 14.7. The summed E-state index contributed by atoms with van der Waals surface area (Å²) in [6, 6.07) is 63.3. The Morgan fingerprint density at radius 1 is 0.320 bits per heavy atom. The zero-order chi connectivity index (χ0) is 33.0. The SMILES string of the molecule is c1ccc2cc(-c3cc(-c4ccc(-c5cccc6cccnc56)cc4)c4cc(-c5cc6ccccc6c6ccccc56)ccc4n3)ccc2c1. The number of aromatic nitrogens is 2. The predicted molar refractivity (Wildman–Crippen MR) is 211 cm³/mol. The van der Waals surface area contributed by atoms with Gasteiger partial charge in [0.2, 0.25) is 0 Å². The lowest BCUT2D eigenvalue weighted by atomic mass is 9.91. The fourth-order valence-corrected chi connectivity index (χ4v) is 7.59. The minimum absolute atomic E-state index is 0.962. The van der Waals surface area contributed by atoms with E-state index in [0.29, 0.717) is 0 Å². The van der Waals surface area contributed by atoms with Crippen LogP contribution in [0.1, 0.15) is 0 Å². The minimum atomic E-state index is 0.962. The quantitative estimate of drug-likeness (QED) is 0.180. The normalized spacial score (nSPS) is 11.6. The molecule has 0 N–H and O–H groups in total. The summed E-state index contributed by atoms with van der Waals surface area (Å²) in [6.07, 6.45) is 1.87. The van der Waals surface area contributed by atoms with Crippen LogP contribution < -0.4 is 0 Å². The van der Waals surface area contributed by atoms with Crippen LogP contribution in [0.5, 0.6) is 0 Å². The van der Waals surface area contributed by atoms with Crippen molar-refractivity contribution in [1.82, 2.24) is 9.97 Å². The molecule has 0 aliphatic rings. The molecule has 0 saturated heterocycles. The van der Waals surface area contributed by atoms with E-state index in [9.17, 15) is 0 Å². The van der Waals surface area contributed by atoms with E-state index in [1.165, 1.54) is 43.4 Å². The van der Waals surface area contributed by atoms with Gasteiger partial charge in [-0.2, -0.15) is 0 Å². The standard InChI is InChI=1S/C48H30N2/c1-2-10-35-27-38(23-18-31(35)9-1)47-30-44(33-21-19-32(20-22-33)40-17-7-12-34-13-8-26-49-48(34)40)45-29-37(24-25-46(45)50-47)43-28-36-11-3-4-14-39(36)41-15-5-6-16-42(41)43/h1-30H. The molecule has 0 amide bonds. The number of nitrogens with zero attached hydrogens (tertiary/aromatic N) is 2. The van der Waals surface area contributed by atoms with Gasteiger partial charge in [-0.1, -0.05) is 140 Å². The number of hydrogen-bond donors (Lipinski definition) is 0. The van der Waals surface area contributed by atoms with Crippen molar-refractivity contribution >= 4 is 54.1 Å². The Morgan fingerprint density at radius 3 is 1.82 bits per heavy atom. The maximum Gasteiger partial charge on any atom is 0.0780 e. The first kappa shape index (κ1) is 28.4. The molecular formula is C48H30N2. The lowest BCUT2D eigenvalue weighted by molar-refractivity contribution is 1.40. The summed E-state index contributed by atoms with van der Waals surface area (Å²) in [5.41, 5.74) is 11.1. The van der Waals surface area contributed by atoms with Crippen LogP contribution in [0.25, 0.3) is 98.8 Å². The van der Waals surface area contributed by atoms with Gasteiger partial charge in [-0.05, 0) is 96.5 Å². The van der Waals surface area contributed by atoms with Crippen LogP contribution in [0.15, 0.2) is 182 Å². The van der Waals surface area contributed by atoms with Crippen molar-refractivity contribution in [2.24, 2.45) is 0 Å². The van der Waals surface area contributed by atoms with Gasteiger partial charge in [-0.3, -0.25) is 4.98 Å². The van der Waals surface area contributed by atoms with E-state index in [-0.39, 0.29) is 0 Å². The molecule has 0 aliphatic carbocycles. The zero-order valence-electron chi connectivity index (χ0n) is 27.2. The second-order valence-corrected chi connectivity index (χ2v) is 13.0. The van der Waals surface area contributed by atoms with E-state index in [1.807, 2.05) is 12.3 Å². The number of fused-ring (bicyclic) bond motifs is 6. The monoisotopic (exact) mass is 634 g/mol. The number of para-hydroxylation sites is 1. The smallest absolute Gasteiger partial charge is 0.0780 e. The molecule has 2 heterocycles. The summed E-state index contributed by atoms with van der Waals surface area (Å²) >= 11 is 0. The van der Waals surface area contributed by atoms with Crippen LogP contribution in [0.2, 0.25) is 0 Å². The highest BCUT2D eigenvalue weighted by Crippen LogP contribution is 2.40. The van der Waals surface area contributed by atoms with Crippen LogP contribution in [0.3, 0.4) is 0 Å². The Bertz CT molecular complexity index is 2920. The molecule has 0 spiro atoms. The Labute approximate surface area is 290 Å². The van der Waals surface area contributed by atoms with Gasteiger partial charge in [-0.15, -0.1) is 0 Å². The molecule has 2 heteroatoms. The van der Waals surface area contributed by atoms with Gasteiger partial charge in [0, 0.05) is 28.1 Å². The molecule has 10 aromatic rings. The highest BCUT2D eigenvalue weighted by Gasteiger charge is 2.15. The third-order valence-corrected chi connectivity index (χ3v) is 10.1. The average molecular weight is 635 g/mol. The fourth-order valence-electron chi connectivity index (χ4n) is 7.59. The first-order valence-electron chi connectivity index (χ1n) is 17.1. The second kappa shape index (κ2) is 11.5. The first-order chi connectivity index (χ1) is 24.8. The van der Waals surface area contributed by atoms with Crippen LogP contribution in [0, 0.1) is 0 Å². The Morgan fingerprint density at radius 2 is 0.960 bits per heavy atom. The van der Waals surface area contributed by atoms with E-state index in [2.05, 4.69) is 170 Å². The van der Waals surface area contributed by atoms with Crippen molar-refractivity contribution in [2.45, 2.75) is 0 Å². The maximum absolute atomic E-state index is 5.28. The first-order valence-corrected chi connectivity index (χ1v) is 17.1. The maximum atomic E-state index is 5.28. The fraction of sp³-hybridized carbons (Fsp3) is 0. The van der Waals surface area contributed by atoms with Gasteiger partial charge in [-0.25, -0.2) is 4.98 Å². The van der Waals surface area contributed by atoms with E-state index in [4.69, 9.17) is 9.97 Å². The molecule has 0 unspecified atom stereocenters. The molecule has 2 nitrogen and oxygen atoms in total. The van der Waals surface area contributed by atoms with Gasteiger partial charge in [0.25, 0.3) is 0 Å². The molecule has 0 radical (unpaired) electrons. The molecule has 0 bridgehead atoms. The summed E-state index contributed by atoms with van der Waals surface area (Å²) in [4.78, 5) is 9.99. The molecule has 0 fully saturated rings. The van der Waals surface area contributed by atoms with Gasteiger partial charge in [0.1, 0.15) is 0 Å². The molecule has 232 valence electrons. The summed E-state index contributed by atoms with van der Waals surface area (Å²) in [5.74, 6) is 0. The number of hydrogen-bond acceptors (Lipinski definition) is 2. The van der Waals surface area contributed by atoms with Gasteiger partial charge < -0.3 is 0 Å². The summed E-state index contributed by atoms with van der Waals surface area (Å²) < 4.78 is 0. The number of rotatable bonds is 4. The summed E-state index contributed by atoms with van der Waals surface area (Å²) in [6.45, 7) is 0. The predicted octanol–water partition coefficient (Wildman–Crippen LogP) is 12.9. The molecule has 50 heavy (non-hydrogen) atoms. The van der Waals surface area contributed by atoms with Crippen molar-refractivity contribution in [3.8, 4) is 44.6 Å². The Hall–Kier alpha value is -6.64. The highest BCUT2D eigenvalue weighted by molar-refractivity contribution is 6.14. The van der Waals surface area contributed by atoms with E-state index in [0.717, 1.165) is 55.3 Å².